The van der Waals surface area contributed by atoms with Crippen molar-refractivity contribution in [1.82, 2.24) is 5.32 Å². The molecule has 0 spiro atoms. The second-order valence-electron chi connectivity index (χ2n) is 5.27. The van der Waals surface area contributed by atoms with Crippen LogP contribution in [0, 0.1) is 0 Å². The maximum absolute atomic E-state index is 10.7. The van der Waals surface area contributed by atoms with Gasteiger partial charge in [0.1, 0.15) is 0 Å². The van der Waals surface area contributed by atoms with Crippen molar-refractivity contribution in [2.45, 2.75) is 51.2 Å². The fourth-order valence-electron chi connectivity index (χ4n) is 2.48. The van der Waals surface area contributed by atoms with Gasteiger partial charge in [0.15, 0.2) is 0 Å². The highest BCUT2D eigenvalue weighted by atomic mass is 32.1. The molecule has 1 aromatic rings. The molecule has 2 N–H and O–H groups in total. The van der Waals surface area contributed by atoms with Crippen molar-refractivity contribution in [1.29, 1.82) is 0 Å². The van der Waals surface area contributed by atoms with Crippen molar-refractivity contribution in [3.63, 3.8) is 0 Å². The van der Waals surface area contributed by atoms with E-state index < -0.39 is 5.97 Å². The lowest BCUT2D eigenvalue weighted by molar-refractivity contribution is 0.0273. The summed E-state index contributed by atoms with van der Waals surface area (Å²) in [5.41, 5.74) is 0.382. The van der Waals surface area contributed by atoms with Crippen LogP contribution in [0.2, 0.25) is 0 Å². The average Bonchev–Trinajstić information content (AvgIpc) is 2.93. The van der Waals surface area contributed by atoms with Crippen LogP contribution in [-0.4, -0.2) is 30.3 Å². The molecule has 20 heavy (non-hydrogen) atoms. The first kappa shape index (κ1) is 15.5. The summed E-state index contributed by atoms with van der Waals surface area (Å²) in [4.78, 5) is 11.8. The van der Waals surface area contributed by atoms with E-state index in [0.29, 0.717) is 11.7 Å². The quantitative estimate of drug-likeness (QED) is 0.723. The van der Waals surface area contributed by atoms with E-state index in [1.54, 1.807) is 11.4 Å². The van der Waals surface area contributed by atoms with Crippen LogP contribution in [0.4, 0.5) is 0 Å². The molecule has 1 fully saturated rings. The van der Waals surface area contributed by atoms with Crippen LogP contribution < -0.4 is 5.32 Å². The molecule has 1 saturated carbocycles. The van der Waals surface area contributed by atoms with Crippen molar-refractivity contribution in [3.8, 4) is 0 Å². The molecular weight excluding hydrogens is 274 g/mol. The largest absolute Gasteiger partial charge is 0.478 e. The van der Waals surface area contributed by atoms with Gasteiger partial charge in [-0.3, -0.25) is 0 Å². The lowest BCUT2D eigenvalue weighted by atomic mass is 9.98. The number of ether oxygens (including phenoxy) is 1. The molecule has 112 valence electrons. The predicted molar refractivity (Wildman–Crippen MR) is 80.4 cm³/mol. The van der Waals surface area contributed by atoms with E-state index in [-0.39, 0.29) is 0 Å². The number of thiophene rings is 1. The number of nitrogens with one attached hydrogen (secondary N) is 1. The number of hydrogen-bond donors (Lipinski definition) is 2. The van der Waals surface area contributed by atoms with Crippen LogP contribution in [0.15, 0.2) is 11.4 Å². The number of rotatable bonds is 8. The molecule has 1 heterocycles. The third-order valence-corrected chi connectivity index (χ3v) is 4.54. The first-order valence-electron chi connectivity index (χ1n) is 7.39. The maximum Gasteiger partial charge on any atom is 0.336 e. The summed E-state index contributed by atoms with van der Waals surface area (Å²) in [6, 6.07) is 1.73. The number of carbonyl (C=O) groups is 1. The van der Waals surface area contributed by atoms with Gasteiger partial charge in [-0.05, 0) is 31.9 Å². The number of hydrogen-bond acceptors (Lipinski definition) is 4. The summed E-state index contributed by atoms with van der Waals surface area (Å²) in [6.07, 6.45) is 7.93. The molecule has 0 amide bonds. The molecule has 0 aliphatic heterocycles. The average molecular weight is 297 g/mol. The summed E-state index contributed by atoms with van der Waals surface area (Å²) in [6.45, 7) is 2.47. The Kier molecular flexibility index (Phi) is 6.50. The monoisotopic (exact) mass is 297 g/mol. The molecule has 2 rings (SSSR count). The topological polar surface area (TPSA) is 58.6 Å². The van der Waals surface area contributed by atoms with Crippen LogP contribution in [-0.2, 0) is 11.3 Å². The number of aromatic carboxylic acids is 1. The van der Waals surface area contributed by atoms with Crippen LogP contribution in [0.25, 0.3) is 0 Å². The van der Waals surface area contributed by atoms with Gasteiger partial charge < -0.3 is 15.2 Å². The molecule has 0 atom stereocenters. The maximum atomic E-state index is 10.7. The zero-order valence-electron chi connectivity index (χ0n) is 11.8. The molecule has 1 aliphatic carbocycles. The minimum Gasteiger partial charge on any atom is -0.478 e. The van der Waals surface area contributed by atoms with Gasteiger partial charge in [0.25, 0.3) is 0 Å². The Morgan fingerprint density at radius 2 is 2.20 bits per heavy atom. The van der Waals surface area contributed by atoms with Gasteiger partial charge in [-0.15, -0.1) is 11.3 Å². The van der Waals surface area contributed by atoms with E-state index in [9.17, 15) is 4.79 Å². The minimum absolute atomic E-state index is 0.382. The van der Waals surface area contributed by atoms with Gasteiger partial charge >= 0.3 is 5.97 Å². The van der Waals surface area contributed by atoms with Crippen LogP contribution >= 0.6 is 11.3 Å². The second kappa shape index (κ2) is 8.39. The molecule has 5 heteroatoms. The Bertz CT molecular complexity index is 413. The number of carboxylic acid groups (broad SMARTS) is 1. The SMILES string of the molecule is O=C(O)c1csc(CNCCCOC2CCCCC2)c1. The standard InChI is InChI=1S/C15H23NO3S/c17-15(18)12-9-14(20-11-12)10-16-7-4-8-19-13-5-2-1-3-6-13/h9,11,13,16H,1-8,10H2,(H,17,18). The van der Waals surface area contributed by atoms with Gasteiger partial charge in [0.05, 0.1) is 11.7 Å². The molecule has 0 saturated heterocycles. The molecule has 0 radical (unpaired) electrons. The Balaban J connectivity index is 1.51. The van der Waals surface area contributed by atoms with E-state index in [1.807, 2.05) is 0 Å². The fraction of sp³-hybridized carbons (Fsp3) is 0.667. The summed E-state index contributed by atoms with van der Waals surface area (Å²) in [5, 5.41) is 13.8. The molecule has 1 aliphatic rings. The molecule has 4 nitrogen and oxygen atoms in total. The zero-order valence-corrected chi connectivity index (χ0v) is 12.6. The predicted octanol–water partition coefficient (Wildman–Crippen LogP) is 3.28. The van der Waals surface area contributed by atoms with E-state index in [1.165, 1.54) is 43.4 Å². The smallest absolute Gasteiger partial charge is 0.336 e. The minimum atomic E-state index is -0.853. The Hall–Kier alpha value is -0.910. The fourth-order valence-corrected chi connectivity index (χ4v) is 3.30. The highest BCUT2D eigenvalue weighted by Crippen LogP contribution is 2.20. The summed E-state index contributed by atoms with van der Waals surface area (Å²) < 4.78 is 5.86. The third kappa shape index (κ3) is 5.23. The molecular formula is C15H23NO3S. The number of carboxylic acids is 1. The van der Waals surface area contributed by atoms with Crippen molar-refractivity contribution >= 4 is 17.3 Å². The molecule has 0 aromatic carbocycles. The second-order valence-corrected chi connectivity index (χ2v) is 6.26. The van der Waals surface area contributed by atoms with Gasteiger partial charge in [0, 0.05) is 23.4 Å². The van der Waals surface area contributed by atoms with Gasteiger partial charge in [-0.25, -0.2) is 4.79 Å². The Morgan fingerprint density at radius 1 is 1.40 bits per heavy atom. The van der Waals surface area contributed by atoms with Crippen molar-refractivity contribution in [3.05, 3.63) is 21.9 Å². The van der Waals surface area contributed by atoms with E-state index in [0.717, 1.165) is 31.0 Å². The van der Waals surface area contributed by atoms with Crippen molar-refractivity contribution in [2.24, 2.45) is 0 Å². The lowest BCUT2D eigenvalue weighted by Gasteiger charge is -2.21. The van der Waals surface area contributed by atoms with Gasteiger partial charge in [-0.2, -0.15) is 0 Å². The summed E-state index contributed by atoms with van der Waals surface area (Å²) in [5.74, 6) is -0.853. The Morgan fingerprint density at radius 3 is 2.90 bits per heavy atom. The highest BCUT2D eigenvalue weighted by molar-refractivity contribution is 7.10. The third-order valence-electron chi connectivity index (χ3n) is 3.60. The van der Waals surface area contributed by atoms with Crippen LogP contribution in [0.5, 0.6) is 0 Å². The first-order valence-corrected chi connectivity index (χ1v) is 8.26. The Labute approximate surface area is 124 Å². The van der Waals surface area contributed by atoms with Gasteiger partial charge in [0.2, 0.25) is 0 Å². The normalized spacial score (nSPS) is 16.4. The molecule has 1 aromatic heterocycles. The zero-order chi connectivity index (χ0) is 14.2. The molecule has 0 bridgehead atoms. The van der Waals surface area contributed by atoms with Crippen LogP contribution in [0.1, 0.15) is 53.8 Å². The van der Waals surface area contributed by atoms with Crippen molar-refractivity contribution in [2.75, 3.05) is 13.2 Å². The van der Waals surface area contributed by atoms with Gasteiger partial charge in [-0.1, -0.05) is 19.3 Å². The first-order chi connectivity index (χ1) is 9.75. The molecule has 0 unspecified atom stereocenters. The summed E-state index contributed by atoms with van der Waals surface area (Å²) >= 11 is 1.49. The van der Waals surface area contributed by atoms with E-state index in [2.05, 4.69) is 5.32 Å². The summed E-state index contributed by atoms with van der Waals surface area (Å²) in [7, 11) is 0. The van der Waals surface area contributed by atoms with E-state index >= 15 is 0 Å². The van der Waals surface area contributed by atoms with E-state index in [4.69, 9.17) is 9.84 Å². The lowest BCUT2D eigenvalue weighted by Crippen LogP contribution is -2.20. The van der Waals surface area contributed by atoms with Crippen molar-refractivity contribution < 1.29 is 14.6 Å². The highest BCUT2D eigenvalue weighted by Gasteiger charge is 2.12. The van der Waals surface area contributed by atoms with Crippen LogP contribution in [0.3, 0.4) is 0 Å².